The first-order valence-electron chi connectivity index (χ1n) is 7.63. The molecule has 0 amide bonds. The molecule has 0 radical (unpaired) electrons. The van der Waals surface area contributed by atoms with Crippen molar-refractivity contribution in [2.45, 2.75) is 51.9 Å². The normalized spacial score (nSPS) is 21.7. The summed E-state index contributed by atoms with van der Waals surface area (Å²) in [7, 11) is 0. The lowest BCUT2D eigenvalue weighted by Gasteiger charge is -2.25. The van der Waals surface area contributed by atoms with Crippen molar-refractivity contribution in [1.82, 2.24) is 4.98 Å². The minimum absolute atomic E-state index is 0.165. The van der Waals surface area contributed by atoms with E-state index >= 15 is 0 Å². The van der Waals surface area contributed by atoms with Crippen molar-refractivity contribution in [2.75, 3.05) is 0 Å². The molecule has 0 unspecified atom stereocenters. The van der Waals surface area contributed by atoms with Crippen molar-refractivity contribution < 1.29 is 13.2 Å². The van der Waals surface area contributed by atoms with Gasteiger partial charge in [0, 0.05) is 5.92 Å². The van der Waals surface area contributed by atoms with Crippen LogP contribution >= 0.6 is 0 Å². The van der Waals surface area contributed by atoms with Crippen LogP contribution in [0.5, 0.6) is 0 Å². The van der Waals surface area contributed by atoms with E-state index in [0.29, 0.717) is 0 Å². The number of hydrogen-bond acceptors (Lipinski definition) is 1. The summed E-state index contributed by atoms with van der Waals surface area (Å²) < 4.78 is 39.1. The zero-order valence-corrected chi connectivity index (χ0v) is 12.3. The zero-order chi connectivity index (χ0) is 15.2. The van der Waals surface area contributed by atoms with Gasteiger partial charge in [0.1, 0.15) is 0 Å². The molecular weight excluding hydrogens is 275 g/mol. The number of hydrogen-bond donors (Lipinski definition) is 0. The maximum absolute atomic E-state index is 13.4. The Labute approximate surface area is 124 Å². The van der Waals surface area contributed by atoms with Crippen LogP contribution in [0.15, 0.2) is 6.07 Å². The summed E-state index contributed by atoms with van der Waals surface area (Å²) in [5.74, 6) is 2.97. The van der Waals surface area contributed by atoms with Crippen LogP contribution in [0, 0.1) is 41.4 Å². The van der Waals surface area contributed by atoms with E-state index < -0.39 is 17.7 Å². The topological polar surface area (TPSA) is 12.9 Å². The van der Waals surface area contributed by atoms with Gasteiger partial charge in [-0.2, -0.15) is 13.8 Å². The molecule has 0 spiro atoms. The fourth-order valence-corrected chi connectivity index (χ4v) is 2.80. The number of nitrogens with zero attached hydrogens (tertiary/aromatic N) is 1. The molecule has 4 heteroatoms. The third-order valence-electron chi connectivity index (χ3n) is 4.11. The number of aromatic nitrogens is 1. The second-order valence-corrected chi connectivity index (χ2v) is 5.73. The van der Waals surface area contributed by atoms with Gasteiger partial charge in [-0.05, 0) is 37.7 Å². The second kappa shape index (κ2) is 7.49. The first-order chi connectivity index (χ1) is 10.1. The summed E-state index contributed by atoms with van der Waals surface area (Å²) in [5.41, 5.74) is -0.165. The maximum atomic E-state index is 13.4. The number of unbranched alkanes of at least 4 members (excludes halogenated alkanes) is 1. The third kappa shape index (κ3) is 4.49. The Kier molecular flexibility index (Phi) is 5.67. The van der Waals surface area contributed by atoms with E-state index in [-0.39, 0.29) is 11.5 Å². The molecule has 114 valence electrons. The highest BCUT2D eigenvalue weighted by molar-refractivity contribution is 5.33. The van der Waals surface area contributed by atoms with E-state index in [0.717, 1.165) is 37.7 Å². The molecule has 1 heterocycles. The molecule has 1 saturated carbocycles. The van der Waals surface area contributed by atoms with Crippen molar-refractivity contribution in [3.63, 3.8) is 0 Å². The smallest absolute Gasteiger partial charge is 0.202 e. The van der Waals surface area contributed by atoms with Crippen LogP contribution in [0.1, 0.15) is 57.4 Å². The lowest BCUT2D eigenvalue weighted by Crippen LogP contribution is -2.13. The van der Waals surface area contributed by atoms with Crippen molar-refractivity contribution >= 4 is 0 Å². The van der Waals surface area contributed by atoms with E-state index in [1.165, 1.54) is 19.3 Å². The molecule has 21 heavy (non-hydrogen) atoms. The van der Waals surface area contributed by atoms with Crippen LogP contribution in [-0.4, -0.2) is 4.98 Å². The van der Waals surface area contributed by atoms with Gasteiger partial charge in [-0.3, -0.25) is 0 Å². The number of rotatable bonds is 3. The van der Waals surface area contributed by atoms with Gasteiger partial charge in [0.2, 0.25) is 5.95 Å². The summed E-state index contributed by atoms with van der Waals surface area (Å²) in [6.45, 7) is 2.20. The molecule has 1 nitrogen and oxygen atoms in total. The Morgan fingerprint density at radius 3 is 2.52 bits per heavy atom. The molecule has 1 aromatic rings. The Morgan fingerprint density at radius 2 is 1.86 bits per heavy atom. The lowest BCUT2D eigenvalue weighted by molar-refractivity contribution is 0.296. The van der Waals surface area contributed by atoms with Crippen molar-refractivity contribution in [3.8, 4) is 11.8 Å². The lowest BCUT2D eigenvalue weighted by atomic mass is 9.80. The van der Waals surface area contributed by atoms with Gasteiger partial charge in [0.05, 0.1) is 5.56 Å². The van der Waals surface area contributed by atoms with Gasteiger partial charge in [-0.25, -0.2) is 4.39 Å². The Morgan fingerprint density at radius 1 is 1.14 bits per heavy atom. The summed E-state index contributed by atoms with van der Waals surface area (Å²) in [5, 5.41) is 0. The van der Waals surface area contributed by atoms with E-state index in [2.05, 4.69) is 23.7 Å². The van der Waals surface area contributed by atoms with Gasteiger partial charge in [-0.1, -0.05) is 38.0 Å². The summed E-state index contributed by atoms with van der Waals surface area (Å²) in [6, 6.07) is 0.775. The highest BCUT2D eigenvalue weighted by Gasteiger charge is 2.19. The average molecular weight is 295 g/mol. The summed E-state index contributed by atoms with van der Waals surface area (Å²) in [6.07, 6.45) is 8.07. The Hall–Kier alpha value is -1.50. The molecule has 1 aliphatic carbocycles. The third-order valence-corrected chi connectivity index (χ3v) is 4.11. The van der Waals surface area contributed by atoms with E-state index in [1.54, 1.807) is 0 Å². The van der Waals surface area contributed by atoms with Crippen LogP contribution in [-0.2, 0) is 0 Å². The van der Waals surface area contributed by atoms with Gasteiger partial charge in [0.25, 0.3) is 5.95 Å². The van der Waals surface area contributed by atoms with Crippen LogP contribution in [0.2, 0.25) is 0 Å². The highest BCUT2D eigenvalue weighted by Crippen LogP contribution is 2.31. The molecule has 1 fully saturated rings. The second-order valence-electron chi connectivity index (χ2n) is 5.73. The first-order valence-corrected chi connectivity index (χ1v) is 7.63. The molecule has 0 aliphatic heterocycles. The highest BCUT2D eigenvalue weighted by atomic mass is 19.2. The van der Waals surface area contributed by atoms with Gasteiger partial charge in [-0.15, -0.1) is 0 Å². The fourth-order valence-electron chi connectivity index (χ4n) is 2.80. The van der Waals surface area contributed by atoms with Crippen LogP contribution in [0.3, 0.4) is 0 Å². The van der Waals surface area contributed by atoms with Crippen molar-refractivity contribution in [3.05, 3.63) is 29.3 Å². The molecule has 0 N–H and O–H groups in total. The molecule has 0 bridgehead atoms. The predicted molar refractivity (Wildman–Crippen MR) is 76.0 cm³/mol. The summed E-state index contributed by atoms with van der Waals surface area (Å²) >= 11 is 0. The number of pyridine rings is 1. The van der Waals surface area contributed by atoms with Gasteiger partial charge in [0.15, 0.2) is 5.82 Å². The predicted octanol–water partition coefficient (Wildman–Crippen LogP) is 4.85. The quantitative estimate of drug-likeness (QED) is 0.574. The van der Waals surface area contributed by atoms with Crippen molar-refractivity contribution in [2.24, 2.45) is 11.8 Å². The Bertz CT molecular complexity index is 537. The van der Waals surface area contributed by atoms with E-state index in [1.807, 2.05) is 0 Å². The van der Waals surface area contributed by atoms with Gasteiger partial charge < -0.3 is 0 Å². The molecular formula is C17H20F3N. The molecule has 2 rings (SSSR count). The van der Waals surface area contributed by atoms with E-state index in [4.69, 9.17) is 0 Å². The monoisotopic (exact) mass is 295 g/mol. The fraction of sp³-hybridized carbons (Fsp3) is 0.588. The van der Waals surface area contributed by atoms with Crippen LogP contribution in [0.4, 0.5) is 13.2 Å². The van der Waals surface area contributed by atoms with Crippen LogP contribution in [0.25, 0.3) is 0 Å². The molecule has 0 aromatic carbocycles. The SMILES string of the molecule is CCCC[C@H]1CC[C@H](C#Cc2cc(F)c(F)nc2F)CC1. The molecule has 1 aliphatic rings. The van der Waals surface area contributed by atoms with Crippen LogP contribution < -0.4 is 0 Å². The zero-order valence-electron chi connectivity index (χ0n) is 12.3. The van der Waals surface area contributed by atoms with E-state index in [9.17, 15) is 13.2 Å². The van der Waals surface area contributed by atoms with Gasteiger partial charge >= 0.3 is 0 Å². The minimum atomic E-state index is -1.42. The minimum Gasteiger partial charge on any atom is -0.202 e. The van der Waals surface area contributed by atoms with Crippen molar-refractivity contribution in [1.29, 1.82) is 0 Å². The molecule has 0 atom stereocenters. The largest absolute Gasteiger partial charge is 0.251 e. The summed E-state index contributed by atoms with van der Waals surface area (Å²) in [4.78, 5) is 2.87. The first kappa shape index (κ1) is 15.9. The average Bonchev–Trinajstić information content (AvgIpc) is 2.48. The maximum Gasteiger partial charge on any atom is 0.251 e. The molecule has 1 aromatic heterocycles. The standard InChI is InChI=1S/C17H20F3N/c1-2-3-4-12-5-7-13(8-6-12)9-10-14-11-15(18)17(20)21-16(14)19/h11-13H,2-8H2,1H3/t12-,13-. The Balaban J connectivity index is 1.94. The number of halogens is 3. The molecule has 0 saturated heterocycles.